The van der Waals surface area contributed by atoms with Crippen LogP contribution in [0.5, 0.6) is 0 Å². The lowest BCUT2D eigenvalue weighted by molar-refractivity contribution is 1.19. The van der Waals surface area contributed by atoms with Gasteiger partial charge in [0, 0.05) is 18.0 Å². The molecule has 11 rings (SSSR count). The Balaban J connectivity index is 1.11. The van der Waals surface area contributed by atoms with Crippen molar-refractivity contribution in [1.29, 1.82) is 0 Å². The lowest BCUT2D eigenvalue weighted by atomic mass is 9.82. The summed E-state index contributed by atoms with van der Waals surface area (Å²) in [4.78, 5) is 4.89. The molecule has 2 heterocycles. The normalized spacial score (nSPS) is 11.8. The van der Waals surface area contributed by atoms with Crippen LogP contribution in [0.25, 0.3) is 105 Å². The van der Waals surface area contributed by atoms with Gasteiger partial charge in [0.25, 0.3) is 0 Å². The van der Waals surface area contributed by atoms with Crippen LogP contribution < -0.4 is 0 Å². The topological polar surface area (TPSA) is 17.3 Å². The molecule has 0 saturated carbocycles. The monoisotopic (exact) mass is 672 g/mol. The van der Waals surface area contributed by atoms with E-state index >= 15 is 0 Å². The highest BCUT2D eigenvalue weighted by molar-refractivity contribution is 6.28. The summed E-state index contributed by atoms with van der Waals surface area (Å²) >= 11 is 0. The van der Waals surface area contributed by atoms with Crippen LogP contribution in [0.3, 0.4) is 0 Å². The number of hydrogen-bond donors (Lipinski definition) is 0. The summed E-state index contributed by atoms with van der Waals surface area (Å²) in [5, 5.41) is 5.15. The number of nitrogens with zero attached hydrogens (tertiary/aromatic N) is 2. The summed E-state index contributed by atoms with van der Waals surface area (Å²) in [6.07, 6.45) is 4.31. The van der Waals surface area contributed by atoms with E-state index in [1.807, 2.05) is 6.07 Å². The van der Waals surface area contributed by atoms with Crippen LogP contribution in [-0.2, 0) is 0 Å². The maximum Gasteiger partial charge on any atom is 0.137 e. The first kappa shape index (κ1) is 29.7. The molecule has 2 nitrogen and oxygen atoms in total. The first-order valence-corrected chi connectivity index (χ1v) is 18.2. The van der Waals surface area contributed by atoms with E-state index in [-0.39, 0.29) is 0 Å². The molecule has 10 aromatic rings. The highest BCUT2D eigenvalue weighted by atomic mass is 15.0. The third-order valence-electron chi connectivity index (χ3n) is 10.9. The number of benzene rings is 8. The van der Waals surface area contributed by atoms with E-state index in [0.29, 0.717) is 0 Å². The van der Waals surface area contributed by atoms with Crippen LogP contribution in [0.15, 0.2) is 194 Å². The zero-order chi connectivity index (χ0) is 34.9. The number of pyridine rings is 1. The van der Waals surface area contributed by atoms with E-state index in [0.717, 1.165) is 22.5 Å². The van der Waals surface area contributed by atoms with Gasteiger partial charge in [-0.05, 0) is 107 Å². The van der Waals surface area contributed by atoms with Crippen molar-refractivity contribution in [3.05, 3.63) is 194 Å². The second kappa shape index (κ2) is 11.8. The Bertz CT molecular complexity index is 2940. The fourth-order valence-electron chi connectivity index (χ4n) is 8.64. The van der Waals surface area contributed by atoms with Crippen molar-refractivity contribution in [1.82, 2.24) is 9.38 Å². The van der Waals surface area contributed by atoms with Crippen molar-refractivity contribution in [2.75, 3.05) is 0 Å². The van der Waals surface area contributed by atoms with Gasteiger partial charge < -0.3 is 4.40 Å². The molecule has 1 aliphatic rings. The predicted octanol–water partition coefficient (Wildman–Crippen LogP) is 13.6. The van der Waals surface area contributed by atoms with Crippen LogP contribution in [0, 0.1) is 0 Å². The maximum absolute atomic E-state index is 4.89. The van der Waals surface area contributed by atoms with Crippen molar-refractivity contribution in [2.45, 2.75) is 0 Å². The van der Waals surface area contributed by atoms with Gasteiger partial charge in [-0.25, -0.2) is 4.98 Å². The zero-order valence-corrected chi connectivity index (χ0v) is 28.9. The average Bonchev–Trinajstić information content (AvgIpc) is 3.81. The molecular weight excluding hydrogens is 641 g/mol. The number of hydrogen-bond acceptors (Lipinski definition) is 1. The van der Waals surface area contributed by atoms with E-state index in [1.54, 1.807) is 0 Å². The molecule has 1 aliphatic carbocycles. The van der Waals surface area contributed by atoms with E-state index < -0.39 is 0 Å². The third kappa shape index (κ3) is 4.63. The molecule has 246 valence electrons. The zero-order valence-electron chi connectivity index (χ0n) is 28.9. The van der Waals surface area contributed by atoms with Crippen molar-refractivity contribution in [3.63, 3.8) is 0 Å². The molecule has 0 fully saturated rings. The first-order chi connectivity index (χ1) is 26.3. The highest BCUT2D eigenvalue weighted by Gasteiger charge is 2.31. The molecule has 0 unspecified atom stereocenters. The number of aromatic nitrogens is 2. The summed E-state index contributed by atoms with van der Waals surface area (Å²) in [5.74, 6) is 0. The fourth-order valence-corrected chi connectivity index (χ4v) is 8.64. The molecule has 0 aliphatic heterocycles. The summed E-state index contributed by atoms with van der Waals surface area (Å²) < 4.78 is 2.14. The molecule has 53 heavy (non-hydrogen) atoms. The van der Waals surface area contributed by atoms with Crippen molar-refractivity contribution < 1.29 is 0 Å². The van der Waals surface area contributed by atoms with Crippen LogP contribution >= 0.6 is 0 Å². The predicted molar refractivity (Wildman–Crippen MR) is 222 cm³/mol. The summed E-state index contributed by atoms with van der Waals surface area (Å²) in [6.45, 7) is 0. The van der Waals surface area contributed by atoms with Gasteiger partial charge in [-0.1, -0.05) is 164 Å². The number of imidazole rings is 1. The molecule has 0 saturated heterocycles. The van der Waals surface area contributed by atoms with Gasteiger partial charge in [-0.15, -0.1) is 0 Å². The van der Waals surface area contributed by atoms with Crippen LogP contribution in [0.2, 0.25) is 0 Å². The molecule has 0 radical (unpaired) electrons. The third-order valence-corrected chi connectivity index (χ3v) is 10.9. The minimum atomic E-state index is 0.938. The maximum atomic E-state index is 4.89. The SMILES string of the molecule is c1ccc(-c2cn3cc(-c4cccc(-c5ccc6c7c(cccc57)-c5c-6c(-c6ccccc6)c6ccccc6c5-c5ccccc5)c4)ccc3n2)cc1. The minimum Gasteiger partial charge on any atom is -0.306 e. The molecular formula is C51H32N2. The summed E-state index contributed by atoms with van der Waals surface area (Å²) in [5.41, 5.74) is 18.1. The molecule has 2 aromatic heterocycles. The van der Waals surface area contributed by atoms with Gasteiger partial charge in [-0.2, -0.15) is 0 Å². The number of fused-ring (bicyclic) bond motifs is 5. The molecule has 0 N–H and O–H groups in total. The van der Waals surface area contributed by atoms with Gasteiger partial charge in [0.2, 0.25) is 0 Å². The van der Waals surface area contributed by atoms with Crippen LogP contribution in [-0.4, -0.2) is 9.38 Å². The van der Waals surface area contributed by atoms with E-state index in [9.17, 15) is 0 Å². The van der Waals surface area contributed by atoms with E-state index in [2.05, 4.69) is 193 Å². The Morgan fingerprint density at radius 2 is 0.849 bits per heavy atom. The molecule has 0 atom stereocenters. The Hall–Kier alpha value is -7.03. The van der Waals surface area contributed by atoms with Crippen LogP contribution in [0.1, 0.15) is 0 Å². The Morgan fingerprint density at radius 3 is 1.53 bits per heavy atom. The second-order valence-electron chi connectivity index (χ2n) is 13.9. The van der Waals surface area contributed by atoms with Gasteiger partial charge >= 0.3 is 0 Å². The average molecular weight is 673 g/mol. The second-order valence-corrected chi connectivity index (χ2v) is 13.9. The fraction of sp³-hybridized carbons (Fsp3) is 0. The Kier molecular flexibility index (Phi) is 6.59. The highest BCUT2D eigenvalue weighted by Crippen LogP contribution is 2.58. The molecule has 0 bridgehead atoms. The smallest absolute Gasteiger partial charge is 0.137 e. The minimum absolute atomic E-state index is 0.938. The standard InChI is InChI=1S/C51H32N2/c1-4-14-33(15-5-1)45-32-53-31-38(26-29-46(53)52-45)36-20-12-21-37(30-36)39-27-28-44-49-40(39)24-13-25-43(49)50-47(34-16-6-2-7-17-34)41-22-10-11-23-42(41)48(51(44)50)35-18-8-3-9-19-35/h1-32H. The van der Waals surface area contributed by atoms with Gasteiger partial charge in [-0.3, -0.25) is 0 Å². The van der Waals surface area contributed by atoms with Crippen molar-refractivity contribution in [3.8, 4) is 78.0 Å². The first-order valence-electron chi connectivity index (χ1n) is 18.2. The summed E-state index contributed by atoms with van der Waals surface area (Å²) in [7, 11) is 0. The molecule has 2 heteroatoms. The molecule has 0 amide bonds. The quantitative estimate of drug-likeness (QED) is 0.178. The number of rotatable bonds is 5. The van der Waals surface area contributed by atoms with Gasteiger partial charge in [0.15, 0.2) is 0 Å². The lowest BCUT2D eigenvalue weighted by Crippen LogP contribution is -1.93. The lowest BCUT2D eigenvalue weighted by Gasteiger charge is -2.20. The summed E-state index contributed by atoms with van der Waals surface area (Å²) in [6, 6.07) is 66.1. The molecule has 8 aromatic carbocycles. The van der Waals surface area contributed by atoms with Gasteiger partial charge in [0.1, 0.15) is 5.65 Å². The van der Waals surface area contributed by atoms with E-state index in [1.165, 1.54) is 82.7 Å². The Morgan fingerprint density at radius 1 is 0.321 bits per heavy atom. The largest absolute Gasteiger partial charge is 0.306 e. The van der Waals surface area contributed by atoms with E-state index in [4.69, 9.17) is 4.98 Å². The Labute approximate surface area is 307 Å². The van der Waals surface area contributed by atoms with Gasteiger partial charge in [0.05, 0.1) is 5.69 Å². The molecule has 0 spiro atoms. The van der Waals surface area contributed by atoms with Crippen LogP contribution in [0.4, 0.5) is 0 Å². The van der Waals surface area contributed by atoms with Crippen molar-refractivity contribution in [2.24, 2.45) is 0 Å². The van der Waals surface area contributed by atoms with Crippen molar-refractivity contribution >= 4 is 27.2 Å².